The van der Waals surface area contributed by atoms with Crippen molar-refractivity contribution >= 4 is 34.7 Å². The Hall–Kier alpha value is -3.57. The number of benzene rings is 3. The lowest BCUT2D eigenvalue weighted by molar-refractivity contribution is -0.132. The average Bonchev–Trinajstić information content (AvgIpc) is 3.35. The van der Waals surface area contributed by atoms with Gasteiger partial charge in [0, 0.05) is 22.7 Å². The molecule has 2 aliphatic rings. The summed E-state index contributed by atoms with van der Waals surface area (Å²) in [5, 5.41) is 11.7. The van der Waals surface area contributed by atoms with Gasteiger partial charge in [0.2, 0.25) is 0 Å². The number of carbonyl (C=O) groups is 2. The molecule has 1 saturated heterocycles. The van der Waals surface area contributed by atoms with Crippen molar-refractivity contribution in [1.29, 1.82) is 0 Å². The number of anilines is 1. The van der Waals surface area contributed by atoms with E-state index < -0.39 is 17.7 Å². The van der Waals surface area contributed by atoms with Gasteiger partial charge in [-0.05, 0) is 54.4 Å². The van der Waals surface area contributed by atoms with E-state index in [-0.39, 0.29) is 11.3 Å². The second-order valence-electron chi connectivity index (χ2n) is 7.98. The molecule has 0 saturated carbocycles. The maximum atomic E-state index is 13.2. The molecule has 0 bridgehead atoms. The van der Waals surface area contributed by atoms with Crippen LogP contribution in [0.5, 0.6) is 5.75 Å². The number of Topliss-reactive ketones (excluding diaryl/α,β-unsaturated/α-hetero) is 1. The van der Waals surface area contributed by atoms with Gasteiger partial charge >= 0.3 is 0 Å². The number of aryl methyl sites for hydroxylation is 1. The zero-order chi connectivity index (χ0) is 22.4. The van der Waals surface area contributed by atoms with Crippen LogP contribution in [0.25, 0.3) is 5.76 Å². The number of hydrogen-bond acceptors (Lipinski definition) is 4. The molecule has 1 unspecified atom stereocenters. The first-order chi connectivity index (χ1) is 15.4. The summed E-state index contributed by atoms with van der Waals surface area (Å²) < 4.78 is 5.55. The van der Waals surface area contributed by atoms with Crippen LogP contribution in [0.15, 0.2) is 72.3 Å². The number of fused-ring (bicyclic) bond motifs is 1. The Kier molecular flexibility index (Phi) is 4.98. The van der Waals surface area contributed by atoms with Crippen LogP contribution in [0.3, 0.4) is 0 Å². The van der Waals surface area contributed by atoms with Gasteiger partial charge in [0.05, 0.1) is 18.2 Å². The van der Waals surface area contributed by atoms with Crippen molar-refractivity contribution < 1.29 is 19.4 Å². The van der Waals surface area contributed by atoms with Gasteiger partial charge in [-0.15, -0.1) is 0 Å². The zero-order valence-electron chi connectivity index (χ0n) is 17.3. The molecule has 1 N–H and O–H groups in total. The van der Waals surface area contributed by atoms with Crippen molar-refractivity contribution in [3.8, 4) is 5.75 Å². The van der Waals surface area contributed by atoms with E-state index in [0.717, 1.165) is 28.9 Å². The normalized spacial score (nSPS) is 19.2. The highest BCUT2D eigenvalue weighted by molar-refractivity contribution is 6.51. The molecule has 6 heteroatoms. The van der Waals surface area contributed by atoms with Crippen LogP contribution in [-0.2, 0) is 16.0 Å². The van der Waals surface area contributed by atoms with Crippen LogP contribution in [0.4, 0.5) is 5.69 Å². The highest BCUT2D eigenvalue weighted by Gasteiger charge is 2.47. The molecule has 1 fully saturated rings. The largest absolute Gasteiger partial charge is 0.507 e. The first-order valence-electron chi connectivity index (χ1n) is 10.3. The Bertz CT molecular complexity index is 1300. The van der Waals surface area contributed by atoms with E-state index in [2.05, 4.69) is 0 Å². The van der Waals surface area contributed by atoms with E-state index in [0.29, 0.717) is 22.9 Å². The molecule has 32 heavy (non-hydrogen) atoms. The average molecular weight is 446 g/mol. The minimum Gasteiger partial charge on any atom is -0.507 e. The molecular weight excluding hydrogens is 426 g/mol. The molecule has 2 heterocycles. The number of ether oxygens (including phenoxy) is 1. The third-order valence-corrected chi connectivity index (χ3v) is 6.09. The molecule has 1 atom stereocenters. The predicted molar refractivity (Wildman–Crippen MR) is 123 cm³/mol. The Morgan fingerprint density at radius 2 is 1.88 bits per heavy atom. The van der Waals surface area contributed by atoms with Crippen LogP contribution < -0.4 is 9.64 Å². The summed E-state index contributed by atoms with van der Waals surface area (Å²) in [4.78, 5) is 27.8. The Morgan fingerprint density at radius 3 is 2.66 bits per heavy atom. The van der Waals surface area contributed by atoms with E-state index in [4.69, 9.17) is 16.3 Å². The zero-order valence-corrected chi connectivity index (χ0v) is 18.1. The lowest BCUT2D eigenvalue weighted by atomic mass is 9.93. The number of nitrogens with zero attached hydrogens (tertiary/aromatic N) is 1. The smallest absolute Gasteiger partial charge is 0.300 e. The lowest BCUT2D eigenvalue weighted by Crippen LogP contribution is -2.29. The highest BCUT2D eigenvalue weighted by atomic mass is 35.5. The van der Waals surface area contributed by atoms with Gasteiger partial charge in [0.25, 0.3) is 11.7 Å². The summed E-state index contributed by atoms with van der Waals surface area (Å²) in [5.74, 6) is -0.860. The first-order valence-corrected chi connectivity index (χ1v) is 10.7. The van der Waals surface area contributed by atoms with Crippen LogP contribution in [0.1, 0.15) is 28.3 Å². The van der Waals surface area contributed by atoms with E-state index in [1.54, 1.807) is 36.4 Å². The van der Waals surface area contributed by atoms with Crippen molar-refractivity contribution in [3.05, 3.63) is 99.6 Å². The summed E-state index contributed by atoms with van der Waals surface area (Å²) in [7, 11) is 0. The molecule has 0 aromatic heterocycles. The molecule has 1 amide bonds. The molecule has 5 nitrogen and oxygen atoms in total. The number of aliphatic hydroxyl groups excluding tert-OH is 1. The van der Waals surface area contributed by atoms with Gasteiger partial charge in [0.15, 0.2) is 0 Å². The second-order valence-corrected chi connectivity index (χ2v) is 8.42. The molecular formula is C26H20ClNO4. The van der Waals surface area contributed by atoms with Crippen LogP contribution in [0.2, 0.25) is 5.02 Å². The fraction of sp³-hybridized carbons (Fsp3) is 0.154. The number of hydrogen-bond donors (Lipinski definition) is 1. The van der Waals surface area contributed by atoms with Gasteiger partial charge in [0.1, 0.15) is 11.5 Å². The topological polar surface area (TPSA) is 66.8 Å². The van der Waals surface area contributed by atoms with E-state index in [9.17, 15) is 14.7 Å². The van der Waals surface area contributed by atoms with Crippen molar-refractivity contribution in [2.75, 3.05) is 11.5 Å². The molecule has 5 rings (SSSR count). The number of halogens is 1. The number of ketones is 1. The van der Waals surface area contributed by atoms with E-state index in [1.807, 2.05) is 37.3 Å². The molecule has 160 valence electrons. The summed E-state index contributed by atoms with van der Waals surface area (Å²) in [6.45, 7) is 2.53. The third kappa shape index (κ3) is 3.35. The fourth-order valence-corrected chi connectivity index (χ4v) is 4.55. The summed E-state index contributed by atoms with van der Waals surface area (Å²) in [6, 6.07) is 18.9. The maximum absolute atomic E-state index is 13.2. The van der Waals surface area contributed by atoms with Crippen LogP contribution in [0, 0.1) is 6.92 Å². The SMILES string of the molecule is Cc1cccc(C2/C(=C(/O)c3ccc4c(c3)CCO4)C(=O)C(=O)N2c2cccc(Cl)c2)c1. The van der Waals surface area contributed by atoms with Gasteiger partial charge < -0.3 is 9.84 Å². The number of amides is 1. The van der Waals surface area contributed by atoms with Crippen molar-refractivity contribution in [2.24, 2.45) is 0 Å². The van der Waals surface area contributed by atoms with Gasteiger partial charge in [-0.25, -0.2) is 0 Å². The van der Waals surface area contributed by atoms with Crippen LogP contribution in [-0.4, -0.2) is 23.4 Å². The fourth-order valence-electron chi connectivity index (χ4n) is 4.37. The molecule has 3 aromatic carbocycles. The van der Waals surface area contributed by atoms with Crippen LogP contribution >= 0.6 is 11.6 Å². The maximum Gasteiger partial charge on any atom is 0.300 e. The lowest BCUT2D eigenvalue weighted by Gasteiger charge is -2.26. The summed E-state index contributed by atoms with van der Waals surface area (Å²) in [5.41, 5.74) is 3.71. The number of carbonyl (C=O) groups excluding carboxylic acids is 2. The van der Waals surface area contributed by atoms with Crippen molar-refractivity contribution in [3.63, 3.8) is 0 Å². The van der Waals surface area contributed by atoms with Crippen molar-refractivity contribution in [1.82, 2.24) is 0 Å². The number of aliphatic hydroxyl groups is 1. The Morgan fingerprint density at radius 1 is 1.06 bits per heavy atom. The molecule has 0 spiro atoms. The predicted octanol–water partition coefficient (Wildman–Crippen LogP) is 5.21. The molecule has 0 radical (unpaired) electrons. The summed E-state index contributed by atoms with van der Waals surface area (Å²) >= 11 is 6.18. The molecule has 3 aromatic rings. The molecule has 2 aliphatic heterocycles. The van der Waals surface area contributed by atoms with Gasteiger partial charge in [-0.3, -0.25) is 14.5 Å². The second kappa shape index (κ2) is 7.84. The number of rotatable bonds is 3. The monoisotopic (exact) mass is 445 g/mol. The standard InChI is InChI=1S/C26H20ClNO4/c1-15-4-2-5-17(12-15)23-22(24(29)18-8-9-21-16(13-18)10-11-32-21)25(30)26(31)28(23)20-7-3-6-19(27)14-20/h2-9,12-14,23,29H,10-11H2,1H3/b24-22-. The highest BCUT2D eigenvalue weighted by Crippen LogP contribution is 2.43. The quantitative estimate of drug-likeness (QED) is 0.341. The minimum atomic E-state index is -0.780. The first kappa shape index (κ1) is 20.3. The third-order valence-electron chi connectivity index (χ3n) is 5.85. The van der Waals surface area contributed by atoms with Crippen molar-refractivity contribution in [2.45, 2.75) is 19.4 Å². The molecule has 0 aliphatic carbocycles. The van der Waals surface area contributed by atoms with Gasteiger partial charge in [-0.2, -0.15) is 0 Å². The summed E-state index contributed by atoms with van der Waals surface area (Å²) in [6.07, 6.45) is 0.731. The van der Waals surface area contributed by atoms with E-state index in [1.165, 1.54) is 4.90 Å². The Labute approximate surface area is 190 Å². The van der Waals surface area contributed by atoms with E-state index >= 15 is 0 Å². The van der Waals surface area contributed by atoms with Gasteiger partial charge in [-0.1, -0.05) is 47.5 Å². The Balaban J connectivity index is 1.72. The minimum absolute atomic E-state index is 0.0550.